The van der Waals surface area contributed by atoms with Crippen LogP contribution in [0.25, 0.3) is 0 Å². The van der Waals surface area contributed by atoms with Gasteiger partial charge in [-0.05, 0) is 38.1 Å². The lowest BCUT2D eigenvalue weighted by Gasteiger charge is -2.22. The summed E-state index contributed by atoms with van der Waals surface area (Å²) < 4.78 is 0. The zero-order chi connectivity index (χ0) is 12.8. The van der Waals surface area contributed by atoms with E-state index in [1.54, 1.807) is 6.20 Å². The Morgan fingerprint density at radius 2 is 1.94 bits per heavy atom. The van der Waals surface area contributed by atoms with Crippen molar-refractivity contribution in [3.05, 3.63) is 48.3 Å². The molecule has 2 aromatic rings. The standard InChI is InChI=1S/C14H18N4/c1-12-8-10-16-14(17-12)18(11-5-9-15)13-6-3-2-4-7-13/h2-4,6-8,10H,5,9,11,15H2,1H3. The van der Waals surface area contributed by atoms with Crippen LogP contribution in [0.3, 0.4) is 0 Å². The van der Waals surface area contributed by atoms with Gasteiger partial charge in [0.1, 0.15) is 0 Å². The van der Waals surface area contributed by atoms with Gasteiger partial charge in [-0.25, -0.2) is 9.97 Å². The average molecular weight is 242 g/mol. The van der Waals surface area contributed by atoms with E-state index in [0.29, 0.717) is 6.54 Å². The zero-order valence-corrected chi connectivity index (χ0v) is 10.6. The summed E-state index contributed by atoms with van der Waals surface area (Å²) in [6.07, 6.45) is 2.70. The van der Waals surface area contributed by atoms with E-state index >= 15 is 0 Å². The predicted octanol–water partition coefficient (Wildman–Crippen LogP) is 2.27. The zero-order valence-electron chi connectivity index (χ0n) is 10.6. The van der Waals surface area contributed by atoms with Crippen LogP contribution in [-0.4, -0.2) is 23.1 Å². The first-order chi connectivity index (χ1) is 8.81. The van der Waals surface area contributed by atoms with Gasteiger partial charge in [0.25, 0.3) is 0 Å². The van der Waals surface area contributed by atoms with Crippen molar-refractivity contribution in [2.24, 2.45) is 5.73 Å². The molecule has 1 aromatic carbocycles. The van der Waals surface area contributed by atoms with Crippen molar-refractivity contribution < 1.29 is 0 Å². The third-order valence-electron chi connectivity index (χ3n) is 2.68. The summed E-state index contributed by atoms with van der Waals surface area (Å²) in [5.74, 6) is 0.731. The minimum absolute atomic E-state index is 0.662. The highest BCUT2D eigenvalue weighted by atomic mass is 15.2. The molecule has 0 spiro atoms. The lowest BCUT2D eigenvalue weighted by atomic mass is 10.2. The first-order valence-corrected chi connectivity index (χ1v) is 6.13. The number of hydrogen-bond donors (Lipinski definition) is 1. The van der Waals surface area contributed by atoms with Gasteiger partial charge in [-0.2, -0.15) is 0 Å². The van der Waals surface area contributed by atoms with Crippen LogP contribution in [0.5, 0.6) is 0 Å². The molecule has 0 fully saturated rings. The number of hydrogen-bond acceptors (Lipinski definition) is 4. The summed E-state index contributed by atoms with van der Waals surface area (Å²) >= 11 is 0. The second-order valence-electron chi connectivity index (χ2n) is 4.13. The Hall–Kier alpha value is -1.94. The van der Waals surface area contributed by atoms with Crippen molar-refractivity contribution in [2.75, 3.05) is 18.0 Å². The maximum absolute atomic E-state index is 5.60. The molecule has 0 atom stereocenters. The average Bonchev–Trinajstić information content (AvgIpc) is 2.40. The first-order valence-electron chi connectivity index (χ1n) is 6.13. The van der Waals surface area contributed by atoms with Gasteiger partial charge < -0.3 is 10.6 Å². The number of nitrogens with two attached hydrogens (primary N) is 1. The summed E-state index contributed by atoms with van der Waals surface area (Å²) in [6, 6.07) is 12.0. The minimum atomic E-state index is 0.662. The summed E-state index contributed by atoms with van der Waals surface area (Å²) in [5, 5.41) is 0. The van der Waals surface area contributed by atoms with Gasteiger partial charge in [-0.1, -0.05) is 18.2 Å². The highest BCUT2D eigenvalue weighted by molar-refractivity contribution is 5.56. The fraction of sp³-hybridized carbons (Fsp3) is 0.286. The van der Waals surface area contributed by atoms with Gasteiger partial charge in [-0.3, -0.25) is 0 Å². The maximum atomic E-state index is 5.60. The van der Waals surface area contributed by atoms with E-state index in [4.69, 9.17) is 5.73 Å². The molecule has 0 aliphatic carbocycles. The molecule has 0 aliphatic rings. The molecule has 1 heterocycles. The lowest BCUT2D eigenvalue weighted by Crippen LogP contribution is -2.23. The van der Waals surface area contributed by atoms with Crippen molar-refractivity contribution in [3.63, 3.8) is 0 Å². The molecule has 4 nitrogen and oxygen atoms in total. The van der Waals surface area contributed by atoms with E-state index in [0.717, 1.165) is 30.3 Å². The Labute approximate surface area is 107 Å². The molecule has 94 valence electrons. The van der Waals surface area contributed by atoms with E-state index in [2.05, 4.69) is 27.0 Å². The first kappa shape index (κ1) is 12.5. The number of benzene rings is 1. The summed E-state index contributed by atoms with van der Waals surface area (Å²) in [5.41, 5.74) is 7.66. The van der Waals surface area contributed by atoms with Crippen molar-refractivity contribution in [1.82, 2.24) is 9.97 Å². The Bertz CT molecular complexity index is 484. The molecule has 0 saturated heterocycles. The van der Waals surface area contributed by atoms with E-state index < -0.39 is 0 Å². The maximum Gasteiger partial charge on any atom is 0.230 e. The van der Waals surface area contributed by atoms with Gasteiger partial charge in [0, 0.05) is 24.1 Å². The monoisotopic (exact) mass is 242 g/mol. The van der Waals surface area contributed by atoms with Gasteiger partial charge in [-0.15, -0.1) is 0 Å². The van der Waals surface area contributed by atoms with Crippen molar-refractivity contribution in [1.29, 1.82) is 0 Å². The Morgan fingerprint density at radius 3 is 2.61 bits per heavy atom. The normalized spacial score (nSPS) is 10.3. The van der Waals surface area contributed by atoms with Crippen LogP contribution in [0.2, 0.25) is 0 Å². The van der Waals surface area contributed by atoms with Crippen LogP contribution in [0, 0.1) is 6.92 Å². The molecule has 0 radical (unpaired) electrons. The summed E-state index contributed by atoms with van der Waals surface area (Å²) in [6.45, 7) is 3.45. The minimum Gasteiger partial charge on any atom is -0.330 e. The largest absolute Gasteiger partial charge is 0.330 e. The third kappa shape index (κ3) is 3.05. The second-order valence-corrected chi connectivity index (χ2v) is 4.13. The van der Waals surface area contributed by atoms with Crippen LogP contribution >= 0.6 is 0 Å². The van der Waals surface area contributed by atoms with Crippen LogP contribution in [0.1, 0.15) is 12.1 Å². The van der Waals surface area contributed by atoms with Crippen molar-refractivity contribution in [3.8, 4) is 0 Å². The van der Waals surface area contributed by atoms with Crippen molar-refractivity contribution >= 4 is 11.6 Å². The number of para-hydroxylation sites is 1. The molecular formula is C14H18N4. The SMILES string of the molecule is Cc1ccnc(N(CCCN)c2ccccc2)n1. The summed E-state index contributed by atoms with van der Waals surface area (Å²) in [4.78, 5) is 10.9. The molecule has 0 aliphatic heterocycles. The number of rotatable bonds is 5. The molecule has 18 heavy (non-hydrogen) atoms. The molecule has 0 bridgehead atoms. The van der Waals surface area contributed by atoms with Crippen molar-refractivity contribution in [2.45, 2.75) is 13.3 Å². The summed E-state index contributed by atoms with van der Waals surface area (Å²) in [7, 11) is 0. The number of anilines is 2. The second kappa shape index (κ2) is 6.12. The highest BCUT2D eigenvalue weighted by Crippen LogP contribution is 2.21. The molecule has 0 saturated carbocycles. The van der Waals surface area contributed by atoms with Gasteiger partial charge in [0.2, 0.25) is 5.95 Å². The predicted molar refractivity (Wildman–Crippen MR) is 73.9 cm³/mol. The van der Waals surface area contributed by atoms with E-state index in [9.17, 15) is 0 Å². The molecule has 4 heteroatoms. The molecule has 0 unspecified atom stereocenters. The van der Waals surface area contributed by atoms with E-state index in [-0.39, 0.29) is 0 Å². The van der Waals surface area contributed by atoms with Crippen LogP contribution in [0.4, 0.5) is 11.6 Å². The Balaban J connectivity index is 2.31. The lowest BCUT2D eigenvalue weighted by molar-refractivity contribution is 0.797. The molecular weight excluding hydrogens is 224 g/mol. The van der Waals surface area contributed by atoms with Gasteiger partial charge in [0.05, 0.1) is 0 Å². The van der Waals surface area contributed by atoms with E-state index in [1.165, 1.54) is 0 Å². The highest BCUT2D eigenvalue weighted by Gasteiger charge is 2.11. The quantitative estimate of drug-likeness (QED) is 0.874. The van der Waals surface area contributed by atoms with E-state index in [1.807, 2.05) is 31.2 Å². The molecule has 2 N–H and O–H groups in total. The van der Waals surface area contributed by atoms with Crippen LogP contribution in [0.15, 0.2) is 42.6 Å². The Kier molecular flexibility index (Phi) is 4.25. The number of nitrogens with zero attached hydrogens (tertiary/aromatic N) is 3. The smallest absolute Gasteiger partial charge is 0.230 e. The molecule has 0 amide bonds. The molecule has 1 aromatic heterocycles. The van der Waals surface area contributed by atoms with Crippen LogP contribution < -0.4 is 10.6 Å². The van der Waals surface area contributed by atoms with Gasteiger partial charge in [0.15, 0.2) is 0 Å². The van der Waals surface area contributed by atoms with Crippen LogP contribution in [-0.2, 0) is 0 Å². The number of aryl methyl sites for hydroxylation is 1. The molecule has 2 rings (SSSR count). The third-order valence-corrected chi connectivity index (χ3v) is 2.68. The number of aromatic nitrogens is 2. The fourth-order valence-corrected chi connectivity index (χ4v) is 1.77. The van der Waals surface area contributed by atoms with Gasteiger partial charge >= 0.3 is 0 Å². The fourth-order valence-electron chi connectivity index (χ4n) is 1.77. The topological polar surface area (TPSA) is 55.0 Å². The Morgan fingerprint density at radius 1 is 1.17 bits per heavy atom.